The van der Waals surface area contributed by atoms with E-state index in [-0.39, 0.29) is 15.6 Å². The Morgan fingerprint density at radius 2 is 2.22 bits per heavy atom. The van der Waals surface area contributed by atoms with Gasteiger partial charge in [0, 0.05) is 12.7 Å². The van der Waals surface area contributed by atoms with E-state index in [0.717, 1.165) is 4.31 Å². The van der Waals surface area contributed by atoms with E-state index >= 15 is 0 Å². The van der Waals surface area contributed by atoms with Crippen molar-refractivity contribution in [2.45, 2.75) is 17.7 Å². The van der Waals surface area contributed by atoms with Crippen LogP contribution in [0.5, 0.6) is 0 Å². The molecule has 8 nitrogen and oxygen atoms in total. The molecule has 2 heterocycles. The minimum atomic E-state index is -3.69. The van der Waals surface area contributed by atoms with E-state index in [9.17, 15) is 13.2 Å². The molecule has 0 aromatic carbocycles. The summed E-state index contributed by atoms with van der Waals surface area (Å²) < 4.78 is 25.5. The highest BCUT2D eigenvalue weighted by atomic mass is 32.2. The molecule has 2 N–H and O–H groups in total. The Morgan fingerprint density at radius 1 is 1.50 bits per heavy atom. The van der Waals surface area contributed by atoms with Crippen LogP contribution in [0.2, 0.25) is 0 Å². The normalized spacial score (nSPS) is 12.2. The molecule has 2 rings (SSSR count). The van der Waals surface area contributed by atoms with E-state index < -0.39 is 10.0 Å². The lowest BCUT2D eigenvalue weighted by atomic mass is 10.6. The lowest BCUT2D eigenvalue weighted by Crippen LogP contribution is -2.26. The van der Waals surface area contributed by atoms with Gasteiger partial charge < -0.3 is 4.98 Å². The molecular weight excluding hydrogens is 278 g/mol. The molecule has 98 valence electrons. The summed E-state index contributed by atoms with van der Waals surface area (Å²) in [6.07, 6.45) is 1.30. The van der Waals surface area contributed by atoms with Gasteiger partial charge in [0.1, 0.15) is 12.2 Å². The molecule has 0 saturated carbocycles. The highest BCUT2D eigenvalue weighted by Gasteiger charge is 2.26. The summed E-state index contributed by atoms with van der Waals surface area (Å²) in [6, 6.07) is 0. The van der Waals surface area contributed by atoms with Gasteiger partial charge in [0.15, 0.2) is 4.21 Å². The number of nitrogens with zero attached hydrogens (tertiary/aromatic N) is 3. The van der Waals surface area contributed by atoms with E-state index in [4.69, 9.17) is 0 Å². The quantitative estimate of drug-likeness (QED) is 0.801. The van der Waals surface area contributed by atoms with Gasteiger partial charge in [-0.15, -0.1) is 0 Å². The van der Waals surface area contributed by atoms with Gasteiger partial charge >= 0.3 is 4.87 Å². The first-order valence-corrected chi connectivity index (χ1v) is 7.17. The zero-order chi connectivity index (χ0) is 13.3. The molecule has 0 spiro atoms. The van der Waals surface area contributed by atoms with Crippen molar-refractivity contribution in [3.05, 3.63) is 27.5 Å². The lowest BCUT2D eigenvalue weighted by Gasteiger charge is -2.14. The number of H-pyrrole nitrogens is 2. The number of aromatic amines is 2. The predicted octanol–water partition coefficient (Wildman–Crippen LogP) is -0.316. The Morgan fingerprint density at radius 3 is 2.72 bits per heavy atom. The van der Waals surface area contributed by atoms with Gasteiger partial charge in [0.2, 0.25) is 0 Å². The molecule has 0 aliphatic rings. The lowest BCUT2D eigenvalue weighted by molar-refractivity contribution is 0.458. The smallest absolute Gasteiger partial charge is 0.305 e. The van der Waals surface area contributed by atoms with Gasteiger partial charge in [0.25, 0.3) is 10.0 Å². The van der Waals surface area contributed by atoms with Gasteiger partial charge in [-0.3, -0.25) is 9.89 Å². The summed E-state index contributed by atoms with van der Waals surface area (Å²) in [4.78, 5) is 17.1. The van der Waals surface area contributed by atoms with Gasteiger partial charge in [-0.25, -0.2) is 13.4 Å². The van der Waals surface area contributed by atoms with E-state index in [0.29, 0.717) is 22.9 Å². The third-order valence-electron chi connectivity index (χ3n) is 2.26. The fraction of sp³-hybridized carbons (Fsp3) is 0.375. The van der Waals surface area contributed by atoms with Crippen LogP contribution in [0.4, 0.5) is 0 Å². The molecule has 18 heavy (non-hydrogen) atoms. The monoisotopic (exact) mass is 289 g/mol. The Kier molecular flexibility index (Phi) is 3.32. The number of aryl methyl sites for hydroxylation is 1. The maximum Gasteiger partial charge on any atom is 0.305 e. The zero-order valence-electron chi connectivity index (χ0n) is 9.67. The molecule has 2 aromatic heterocycles. The van der Waals surface area contributed by atoms with Crippen LogP contribution in [0.15, 0.2) is 15.3 Å². The largest absolute Gasteiger partial charge is 0.315 e. The van der Waals surface area contributed by atoms with E-state index in [1.165, 1.54) is 13.4 Å². The number of nitrogens with one attached hydrogen (secondary N) is 2. The summed E-state index contributed by atoms with van der Waals surface area (Å²) in [5, 5.41) is 6.22. The number of sulfonamides is 1. The molecule has 0 amide bonds. The second-order valence-electron chi connectivity index (χ2n) is 3.62. The Balaban J connectivity index is 2.31. The summed E-state index contributed by atoms with van der Waals surface area (Å²) in [5.41, 5.74) is 0.342. The average molecular weight is 289 g/mol. The minimum absolute atomic E-state index is 0.0227. The van der Waals surface area contributed by atoms with Crippen molar-refractivity contribution < 1.29 is 8.42 Å². The summed E-state index contributed by atoms with van der Waals surface area (Å²) >= 11 is 0.675. The van der Waals surface area contributed by atoms with Crippen molar-refractivity contribution >= 4 is 21.4 Å². The molecule has 0 aliphatic carbocycles. The molecule has 0 atom stereocenters. The minimum Gasteiger partial charge on any atom is -0.315 e. The number of hydrogen-bond acceptors (Lipinski definition) is 6. The van der Waals surface area contributed by atoms with Crippen LogP contribution >= 0.6 is 11.3 Å². The summed E-state index contributed by atoms with van der Waals surface area (Å²) in [6.45, 7) is 1.61. The van der Waals surface area contributed by atoms with Gasteiger partial charge in [-0.1, -0.05) is 11.3 Å². The Bertz CT molecular complexity index is 685. The van der Waals surface area contributed by atoms with Gasteiger partial charge in [-0.05, 0) is 6.92 Å². The second kappa shape index (κ2) is 4.63. The highest BCUT2D eigenvalue weighted by molar-refractivity contribution is 7.91. The van der Waals surface area contributed by atoms with Crippen molar-refractivity contribution in [1.29, 1.82) is 0 Å². The van der Waals surface area contributed by atoms with Crippen LogP contribution < -0.4 is 4.87 Å². The molecule has 2 aromatic rings. The van der Waals surface area contributed by atoms with Gasteiger partial charge in [-0.2, -0.15) is 9.40 Å². The molecule has 0 bridgehead atoms. The zero-order valence-corrected chi connectivity index (χ0v) is 11.3. The Hall–Kier alpha value is -1.52. The molecule has 0 radical (unpaired) electrons. The van der Waals surface area contributed by atoms with Crippen molar-refractivity contribution in [3.63, 3.8) is 0 Å². The fourth-order valence-corrected chi connectivity index (χ4v) is 4.00. The second-order valence-corrected chi connectivity index (χ2v) is 6.84. The SMILES string of the molecule is Cc1[nH]c(=O)sc1S(=O)(=O)N(C)Cc1ncn[nH]1. The van der Waals surface area contributed by atoms with Crippen LogP contribution in [0.3, 0.4) is 0 Å². The van der Waals surface area contributed by atoms with E-state index in [1.807, 2.05) is 0 Å². The number of aromatic nitrogens is 4. The fourth-order valence-electron chi connectivity index (χ4n) is 1.38. The maximum atomic E-state index is 12.2. The Labute approximate surface area is 107 Å². The van der Waals surface area contributed by atoms with Crippen molar-refractivity contribution in [1.82, 2.24) is 24.5 Å². The summed E-state index contributed by atoms with van der Waals surface area (Å²) in [7, 11) is -2.27. The third kappa shape index (κ3) is 2.35. The predicted molar refractivity (Wildman–Crippen MR) is 64.7 cm³/mol. The van der Waals surface area contributed by atoms with Crippen LogP contribution in [-0.4, -0.2) is 39.9 Å². The topological polar surface area (TPSA) is 112 Å². The standard InChI is InChI=1S/C8H11N5O3S2/c1-5-7(17-8(14)11-5)18(15,16)13(2)3-6-9-4-10-12-6/h4H,3H2,1-2H3,(H,11,14)(H,9,10,12). The number of rotatable bonds is 4. The van der Waals surface area contributed by atoms with Crippen LogP contribution in [-0.2, 0) is 16.6 Å². The summed E-state index contributed by atoms with van der Waals surface area (Å²) in [5.74, 6) is 0.432. The molecule has 0 aliphatic heterocycles. The highest BCUT2D eigenvalue weighted by Crippen LogP contribution is 2.20. The van der Waals surface area contributed by atoms with Gasteiger partial charge in [0.05, 0.1) is 6.54 Å². The average Bonchev–Trinajstić information content (AvgIpc) is 2.88. The van der Waals surface area contributed by atoms with Crippen molar-refractivity contribution in [2.24, 2.45) is 0 Å². The molecule has 0 unspecified atom stereocenters. The molecular formula is C8H11N5O3S2. The van der Waals surface area contributed by atoms with Crippen molar-refractivity contribution in [3.8, 4) is 0 Å². The van der Waals surface area contributed by atoms with E-state index in [1.54, 1.807) is 6.92 Å². The molecule has 0 saturated heterocycles. The van der Waals surface area contributed by atoms with Crippen LogP contribution in [0.1, 0.15) is 11.5 Å². The van der Waals surface area contributed by atoms with Crippen molar-refractivity contribution in [2.75, 3.05) is 7.05 Å². The third-order valence-corrected chi connectivity index (χ3v) is 5.65. The first-order valence-electron chi connectivity index (χ1n) is 4.91. The molecule has 0 fully saturated rings. The maximum absolute atomic E-state index is 12.2. The molecule has 10 heteroatoms. The van der Waals surface area contributed by atoms with E-state index in [2.05, 4.69) is 20.2 Å². The first kappa shape index (κ1) is 12.9. The first-order chi connectivity index (χ1) is 8.41. The number of thiazole rings is 1. The van der Waals surface area contributed by atoms with Crippen LogP contribution in [0, 0.1) is 6.92 Å². The van der Waals surface area contributed by atoms with Crippen LogP contribution in [0.25, 0.3) is 0 Å². The number of hydrogen-bond donors (Lipinski definition) is 2.